The summed E-state index contributed by atoms with van der Waals surface area (Å²) in [7, 11) is 1.23. The van der Waals surface area contributed by atoms with E-state index in [1.54, 1.807) is 0 Å². The highest BCUT2D eigenvalue weighted by molar-refractivity contribution is 5.88. The third-order valence-electron chi connectivity index (χ3n) is 1.83. The molecule has 0 fully saturated rings. The topological polar surface area (TPSA) is 52.6 Å². The zero-order chi connectivity index (χ0) is 11.8. The van der Waals surface area contributed by atoms with Crippen molar-refractivity contribution in [2.75, 3.05) is 7.11 Å². The van der Waals surface area contributed by atoms with Gasteiger partial charge in [-0.05, 0) is 5.56 Å². The summed E-state index contributed by atoms with van der Waals surface area (Å²) < 4.78 is 9.52. The minimum atomic E-state index is -0.616. The summed E-state index contributed by atoms with van der Waals surface area (Å²) in [6.07, 6.45) is 1.48. The van der Waals surface area contributed by atoms with E-state index >= 15 is 0 Å². The van der Waals surface area contributed by atoms with E-state index in [2.05, 4.69) is 4.74 Å². The first-order valence-electron chi connectivity index (χ1n) is 4.68. The summed E-state index contributed by atoms with van der Waals surface area (Å²) in [5.74, 6) is -0.661. The molecule has 4 heteroatoms. The molecule has 4 nitrogen and oxygen atoms in total. The van der Waals surface area contributed by atoms with Gasteiger partial charge in [0.25, 0.3) is 0 Å². The first-order valence-corrected chi connectivity index (χ1v) is 4.68. The summed E-state index contributed by atoms with van der Waals surface area (Å²) in [4.78, 5) is 21.4. The molecule has 1 aromatic rings. The zero-order valence-corrected chi connectivity index (χ0v) is 8.88. The van der Waals surface area contributed by atoms with Crippen LogP contribution in [0.15, 0.2) is 42.2 Å². The number of methoxy groups -OCH3 is 1. The molecule has 0 aromatic heterocycles. The molecule has 0 N–H and O–H groups in total. The third-order valence-corrected chi connectivity index (χ3v) is 1.83. The summed E-state index contributed by atoms with van der Waals surface area (Å²) in [5, 5.41) is 0. The molecular formula is C12H12O4. The van der Waals surface area contributed by atoms with Gasteiger partial charge in [-0.15, -0.1) is 0 Å². The lowest BCUT2D eigenvalue weighted by molar-refractivity contribution is -0.135. The number of benzene rings is 1. The maximum atomic E-state index is 10.9. The Labute approximate surface area is 93.5 Å². The van der Waals surface area contributed by atoms with Gasteiger partial charge in [0.2, 0.25) is 0 Å². The summed E-state index contributed by atoms with van der Waals surface area (Å²) >= 11 is 0. The van der Waals surface area contributed by atoms with Gasteiger partial charge in [0.15, 0.2) is 12.0 Å². The Hall–Kier alpha value is -2.10. The van der Waals surface area contributed by atoms with Crippen LogP contribution >= 0.6 is 0 Å². The highest BCUT2D eigenvalue weighted by atomic mass is 16.5. The van der Waals surface area contributed by atoms with Crippen LogP contribution < -0.4 is 0 Å². The van der Waals surface area contributed by atoms with E-state index in [1.165, 1.54) is 7.11 Å². The molecule has 1 aromatic carbocycles. The van der Waals surface area contributed by atoms with Crippen molar-refractivity contribution in [2.45, 2.75) is 6.61 Å². The van der Waals surface area contributed by atoms with Crippen molar-refractivity contribution in [3.63, 3.8) is 0 Å². The van der Waals surface area contributed by atoms with Gasteiger partial charge in [0.05, 0.1) is 13.2 Å². The first-order chi connectivity index (χ1) is 7.76. The van der Waals surface area contributed by atoms with Crippen molar-refractivity contribution in [2.24, 2.45) is 0 Å². The van der Waals surface area contributed by atoms with Crippen LogP contribution in [0.25, 0.3) is 0 Å². The smallest absolute Gasteiger partial charge is 0.334 e. The number of rotatable bonds is 5. The van der Waals surface area contributed by atoms with Gasteiger partial charge in [-0.3, -0.25) is 4.79 Å². The van der Waals surface area contributed by atoms with E-state index in [-0.39, 0.29) is 12.4 Å². The van der Waals surface area contributed by atoms with Crippen LogP contribution in [-0.4, -0.2) is 19.4 Å². The number of allylic oxidation sites excluding steroid dienone is 1. The average molecular weight is 220 g/mol. The summed E-state index contributed by atoms with van der Waals surface area (Å²) in [5.41, 5.74) is 0.917. The van der Waals surface area contributed by atoms with E-state index in [1.807, 2.05) is 30.3 Å². The van der Waals surface area contributed by atoms with Crippen LogP contribution in [-0.2, 0) is 25.7 Å². The molecule has 0 atom stereocenters. The molecule has 0 bridgehead atoms. The second-order valence-electron chi connectivity index (χ2n) is 2.96. The van der Waals surface area contributed by atoms with E-state index in [4.69, 9.17) is 4.74 Å². The number of hydrogen-bond acceptors (Lipinski definition) is 4. The largest absolute Gasteiger partial charge is 0.485 e. The molecule has 0 radical (unpaired) electrons. The van der Waals surface area contributed by atoms with Crippen molar-refractivity contribution in [1.82, 2.24) is 0 Å². The Kier molecular flexibility index (Phi) is 4.79. The van der Waals surface area contributed by atoms with Gasteiger partial charge < -0.3 is 9.47 Å². The first kappa shape index (κ1) is 12.0. The van der Waals surface area contributed by atoms with E-state index < -0.39 is 5.97 Å². The van der Waals surface area contributed by atoms with Gasteiger partial charge in [-0.1, -0.05) is 30.3 Å². The maximum Gasteiger partial charge on any atom is 0.334 e. The van der Waals surface area contributed by atoms with Crippen molar-refractivity contribution in [3.05, 3.63) is 47.7 Å². The monoisotopic (exact) mass is 220 g/mol. The highest BCUT2D eigenvalue weighted by Crippen LogP contribution is 2.04. The maximum absolute atomic E-state index is 10.9. The van der Waals surface area contributed by atoms with Crippen LogP contribution in [0.4, 0.5) is 0 Å². The molecule has 0 saturated carbocycles. The Morgan fingerprint density at radius 3 is 2.56 bits per heavy atom. The molecule has 0 unspecified atom stereocenters. The average Bonchev–Trinajstić information content (AvgIpc) is 2.35. The van der Waals surface area contributed by atoms with Gasteiger partial charge in [0.1, 0.15) is 6.61 Å². The number of carbonyl (C=O) groups is 2. The quantitative estimate of drug-likeness (QED) is 0.326. The van der Waals surface area contributed by atoms with Crippen LogP contribution in [0.1, 0.15) is 5.56 Å². The lowest BCUT2D eigenvalue weighted by Gasteiger charge is -2.04. The predicted octanol–water partition coefficient (Wildman–Crippen LogP) is 1.46. The molecule has 0 spiro atoms. The lowest BCUT2D eigenvalue weighted by atomic mass is 10.2. The van der Waals surface area contributed by atoms with Gasteiger partial charge in [-0.2, -0.15) is 0 Å². The molecular weight excluding hydrogens is 208 g/mol. The Balaban J connectivity index is 2.56. The second-order valence-corrected chi connectivity index (χ2v) is 2.96. The van der Waals surface area contributed by atoms with Gasteiger partial charge in [0, 0.05) is 0 Å². The lowest BCUT2D eigenvalue weighted by Crippen LogP contribution is -2.01. The van der Waals surface area contributed by atoms with Crippen molar-refractivity contribution >= 4 is 12.3 Å². The molecule has 0 amide bonds. The molecule has 84 valence electrons. The number of ether oxygens (including phenoxy) is 2. The Morgan fingerprint density at radius 1 is 1.31 bits per heavy atom. The van der Waals surface area contributed by atoms with Crippen LogP contribution in [0.5, 0.6) is 0 Å². The number of carbonyl (C=O) groups excluding carboxylic acids is 2. The number of aldehydes is 1. The molecule has 0 aliphatic heterocycles. The fourth-order valence-corrected chi connectivity index (χ4v) is 1.03. The number of esters is 1. The van der Waals surface area contributed by atoms with Crippen molar-refractivity contribution < 1.29 is 19.1 Å². The zero-order valence-electron chi connectivity index (χ0n) is 8.88. The molecule has 0 heterocycles. The minimum absolute atomic E-state index is 0.0456. The van der Waals surface area contributed by atoms with Gasteiger partial charge >= 0.3 is 5.97 Å². The standard InChI is InChI=1S/C12H12O4/c1-15-12(14)7-11(8-13)16-9-10-5-3-2-4-6-10/h2-8H,9H2,1H3/b11-7-. The van der Waals surface area contributed by atoms with E-state index in [9.17, 15) is 9.59 Å². The molecule has 16 heavy (non-hydrogen) atoms. The minimum Gasteiger partial charge on any atom is -0.485 e. The van der Waals surface area contributed by atoms with Crippen molar-refractivity contribution in [3.8, 4) is 0 Å². The Morgan fingerprint density at radius 2 is 2.00 bits per heavy atom. The van der Waals surface area contributed by atoms with Crippen LogP contribution in [0, 0.1) is 0 Å². The fraction of sp³-hybridized carbons (Fsp3) is 0.167. The summed E-state index contributed by atoms with van der Waals surface area (Å²) in [6.45, 7) is 0.238. The predicted molar refractivity (Wildman–Crippen MR) is 57.4 cm³/mol. The normalized spacial score (nSPS) is 10.7. The fourth-order valence-electron chi connectivity index (χ4n) is 1.03. The Bertz CT molecular complexity index is 381. The van der Waals surface area contributed by atoms with Crippen molar-refractivity contribution in [1.29, 1.82) is 0 Å². The molecule has 1 rings (SSSR count). The molecule has 0 aliphatic rings. The SMILES string of the molecule is COC(=O)/C=C(/C=O)OCc1ccccc1. The van der Waals surface area contributed by atoms with Crippen LogP contribution in [0.3, 0.4) is 0 Å². The number of hydrogen-bond donors (Lipinski definition) is 0. The van der Waals surface area contributed by atoms with Crippen LogP contribution in [0.2, 0.25) is 0 Å². The van der Waals surface area contributed by atoms with Gasteiger partial charge in [-0.25, -0.2) is 4.79 Å². The summed E-state index contributed by atoms with van der Waals surface area (Å²) in [6, 6.07) is 9.34. The van der Waals surface area contributed by atoms with E-state index in [0.717, 1.165) is 11.6 Å². The highest BCUT2D eigenvalue weighted by Gasteiger charge is 2.02. The third kappa shape index (κ3) is 3.96. The molecule has 0 saturated heterocycles. The second kappa shape index (κ2) is 6.40. The molecule has 0 aliphatic carbocycles. The van der Waals surface area contributed by atoms with E-state index in [0.29, 0.717) is 6.29 Å².